The zero-order valence-electron chi connectivity index (χ0n) is 16.3. The standard InChI is InChI=1S/C21H23FN4O2S/c1-21(2,28)15(22)11-23-18(27)14-10-24-20-17(16(14)25-13-8-9-13)26-19(29-20)12-6-4-3-5-7-12/h3-7,10,13,15,28H,8-9,11H2,1-2H3,(H,23,27)(H,24,25)/t15-/m1/s1. The summed E-state index contributed by atoms with van der Waals surface area (Å²) in [5.41, 5.74) is 1.07. The lowest BCUT2D eigenvalue weighted by molar-refractivity contribution is -0.00177. The van der Waals surface area contributed by atoms with Gasteiger partial charge in [-0.05, 0) is 26.7 Å². The second-order valence-corrected chi connectivity index (χ2v) is 8.81. The number of aromatic nitrogens is 2. The van der Waals surface area contributed by atoms with Crippen LogP contribution in [0.3, 0.4) is 0 Å². The van der Waals surface area contributed by atoms with Crippen molar-refractivity contribution in [1.29, 1.82) is 0 Å². The molecule has 0 spiro atoms. The minimum Gasteiger partial charge on any atom is -0.387 e. The van der Waals surface area contributed by atoms with Gasteiger partial charge in [-0.3, -0.25) is 4.79 Å². The Balaban J connectivity index is 1.67. The van der Waals surface area contributed by atoms with E-state index >= 15 is 0 Å². The predicted molar refractivity (Wildman–Crippen MR) is 113 cm³/mol. The van der Waals surface area contributed by atoms with E-state index < -0.39 is 17.7 Å². The van der Waals surface area contributed by atoms with Crippen molar-refractivity contribution >= 4 is 33.3 Å². The monoisotopic (exact) mass is 414 g/mol. The highest BCUT2D eigenvalue weighted by Gasteiger charge is 2.29. The van der Waals surface area contributed by atoms with Crippen molar-refractivity contribution < 1.29 is 14.3 Å². The SMILES string of the molecule is CC(C)(O)[C@H](F)CNC(=O)c1cnc2sc(-c3ccccc3)nc2c1NC1CC1. The van der Waals surface area contributed by atoms with E-state index in [1.807, 2.05) is 30.3 Å². The molecule has 3 N–H and O–H groups in total. The van der Waals surface area contributed by atoms with Gasteiger partial charge < -0.3 is 15.7 Å². The molecule has 1 amide bonds. The second kappa shape index (κ2) is 7.68. The van der Waals surface area contributed by atoms with Gasteiger partial charge in [0.25, 0.3) is 5.91 Å². The van der Waals surface area contributed by atoms with Crippen molar-refractivity contribution in [2.45, 2.75) is 44.5 Å². The van der Waals surface area contributed by atoms with Crippen molar-refractivity contribution in [2.24, 2.45) is 0 Å². The highest BCUT2D eigenvalue weighted by atomic mass is 32.1. The molecule has 2 aromatic heterocycles. The molecule has 0 radical (unpaired) electrons. The molecule has 1 aliphatic carbocycles. The maximum atomic E-state index is 14.0. The van der Waals surface area contributed by atoms with Gasteiger partial charge in [0.05, 0.1) is 23.4 Å². The predicted octanol–water partition coefficient (Wildman–Crippen LogP) is 3.77. The summed E-state index contributed by atoms with van der Waals surface area (Å²) in [6.07, 6.45) is 2.00. The summed E-state index contributed by atoms with van der Waals surface area (Å²) in [4.78, 5) is 22.7. The molecule has 1 saturated carbocycles. The lowest BCUT2D eigenvalue weighted by Gasteiger charge is -2.22. The van der Waals surface area contributed by atoms with Crippen LogP contribution in [0.5, 0.6) is 0 Å². The number of rotatable bonds is 7. The van der Waals surface area contributed by atoms with E-state index in [0.717, 1.165) is 28.2 Å². The first-order chi connectivity index (χ1) is 13.8. The van der Waals surface area contributed by atoms with Crippen LogP contribution in [0, 0.1) is 0 Å². The first-order valence-corrected chi connectivity index (χ1v) is 10.4. The van der Waals surface area contributed by atoms with Crippen LogP contribution < -0.4 is 10.6 Å². The third-order valence-corrected chi connectivity index (χ3v) is 5.84. The fraction of sp³-hybridized carbons (Fsp3) is 0.381. The van der Waals surface area contributed by atoms with Crippen molar-refractivity contribution in [3.8, 4) is 10.6 Å². The number of alkyl halides is 1. The average Bonchev–Trinajstić information content (AvgIpc) is 3.40. The van der Waals surface area contributed by atoms with Crippen LogP contribution in [0.25, 0.3) is 20.9 Å². The number of carbonyl (C=O) groups excluding carboxylic acids is 1. The molecule has 0 bridgehead atoms. The van der Waals surface area contributed by atoms with E-state index in [1.54, 1.807) is 0 Å². The van der Waals surface area contributed by atoms with E-state index in [-0.39, 0.29) is 6.54 Å². The number of hydrogen-bond acceptors (Lipinski definition) is 6. The van der Waals surface area contributed by atoms with Crippen LogP contribution in [0.15, 0.2) is 36.5 Å². The van der Waals surface area contributed by atoms with E-state index in [1.165, 1.54) is 31.4 Å². The molecule has 1 atom stereocenters. The molecule has 0 saturated heterocycles. The minimum absolute atomic E-state index is 0.282. The Labute approximate surface area is 172 Å². The molecule has 29 heavy (non-hydrogen) atoms. The number of carbonyl (C=O) groups is 1. The number of fused-ring (bicyclic) bond motifs is 1. The van der Waals surface area contributed by atoms with Crippen molar-refractivity contribution in [1.82, 2.24) is 15.3 Å². The number of anilines is 1. The zero-order chi connectivity index (χ0) is 20.6. The summed E-state index contributed by atoms with van der Waals surface area (Å²) < 4.78 is 14.0. The lowest BCUT2D eigenvalue weighted by Crippen LogP contribution is -2.42. The first-order valence-electron chi connectivity index (χ1n) is 9.59. The largest absolute Gasteiger partial charge is 0.387 e. The average molecular weight is 415 g/mol. The van der Waals surface area contributed by atoms with Crippen molar-refractivity contribution in [2.75, 3.05) is 11.9 Å². The van der Waals surface area contributed by atoms with E-state index in [0.29, 0.717) is 22.8 Å². The molecule has 6 nitrogen and oxygen atoms in total. The molecular formula is C21H23FN4O2S. The third kappa shape index (κ3) is 4.38. The highest BCUT2D eigenvalue weighted by molar-refractivity contribution is 7.21. The molecule has 8 heteroatoms. The van der Waals surface area contributed by atoms with Crippen LogP contribution in [0.2, 0.25) is 0 Å². The summed E-state index contributed by atoms with van der Waals surface area (Å²) >= 11 is 1.47. The molecule has 1 fully saturated rings. The van der Waals surface area contributed by atoms with Gasteiger partial charge in [-0.2, -0.15) is 0 Å². The molecular weight excluding hydrogens is 391 g/mol. The summed E-state index contributed by atoms with van der Waals surface area (Å²) in [5, 5.41) is 16.5. The Kier molecular flexibility index (Phi) is 5.23. The molecule has 4 rings (SSSR count). The number of amides is 1. The smallest absolute Gasteiger partial charge is 0.255 e. The first kappa shape index (κ1) is 19.7. The van der Waals surface area contributed by atoms with Crippen LogP contribution in [-0.4, -0.2) is 45.3 Å². The van der Waals surface area contributed by atoms with Gasteiger partial charge in [0.15, 0.2) is 0 Å². The maximum absolute atomic E-state index is 14.0. The normalized spacial score (nSPS) is 15.3. The van der Waals surface area contributed by atoms with E-state index in [2.05, 4.69) is 15.6 Å². The molecule has 0 unspecified atom stereocenters. The number of pyridine rings is 1. The second-order valence-electron chi connectivity index (χ2n) is 7.84. The van der Waals surface area contributed by atoms with E-state index in [4.69, 9.17) is 4.98 Å². The van der Waals surface area contributed by atoms with Crippen LogP contribution >= 0.6 is 11.3 Å². The molecule has 0 aliphatic heterocycles. The van der Waals surface area contributed by atoms with Crippen LogP contribution in [-0.2, 0) is 0 Å². The Morgan fingerprint density at radius 2 is 2.07 bits per heavy atom. The summed E-state index contributed by atoms with van der Waals surface area (Å²) in [6.45, 7) is 2.46. The molecule has 1 aromatic carbocycles. The number of nitrogens with one attached hydrogen (secondary N) is 2. The van der Waals surface area contributed by atoms with E-state index in [9.17, 15) is 14.3 Å². The topological polar surface area (TPSA) is 87.1 Å². The van der Waals surface area contributed by atoms with Crippen molar-refractivity contribution in [3.05, 3.63) is 42.1 Å². The van der Waals surface area contributed by atoms with Gasteiger partial charge >= 0.3 is 0 Å². The van der Waals surface area contributed by atoms with Crippen LogP contribution in [0.1, 0.15) is 37.0 Å². The van der Waals surface area contributed by atoms with Gasteiger partial charge in [0, 0.05) is 17.8 Å². The number of halogens is 1. The number of benzene rings is 1. The molecule has 2 heterocycles. The number of aliphatic hydroxyl groups is 1. The maximum Gasteiger partial charge on any atom is 0.255 e. The Morgan fingerprint density at radius 3 is 2.72 bits per heavy atom. The number of hydrogen-bond donors (Lipinski definition) is 3. The Bertz CT molecular complexity index is 1030. The minimum atomic E-state index is -1.58. The fourth-order valence-corrected chi connectivity index (χ4v) is 3.78. The Hall–Kier alpha value is -2.58. The molecule has 152 valence electrons. The van der Waals surface area contributed by atoms with Gasteiger partial charge in [0.1, 0.15) is 21.5 Å². The third-order valence-electron chi connectivity index (χ3n) is 4.83. The van der Waals surface area contributed by atoms with Gasteiger partial charge in [-0.15, -0.1) is 0 Å². The number of thiazole rings is 1. The highest BCUT2D eigenvalue weighted by Crippen LogP contribution is 2.36. The van der Waals surface area contributed by atoms with Gasteiger partial charge in [-0.25, -0.2) is 14.4 Å². The molecule has 1 aliphatic rings. The van der Waals surface area contributed by atoms with Crippen LogP contribution in [0.4, 0.5) is 10.1 Å². The molecule has 3 aromatic rings. The van der Waals surface area contributed by atoms with Gasteiger partial charge in [0.2, 0.25) is 0 Å². The summed E-state index contributed by atoms with van der Waals surface area (Å²) in [5.74, 6) is -0.441. The fourth-order valence-electron chi connectivity index (χ4n) is 2.86. The summed E-state index contributed by atoms with van der Waals surface area (Å²) in [6, 6.07) is 10.1. The number of nitrogens with zero attached hydrogens (tertiary/aromatic N) is 2. The lowest BCUT2D eigenvalue weighted by atomic mass is 10.0. The Morgan fingerprint density at radius 1 is 1.34 bits per heavy atom. The summed E-state index contributed by atoms with van der Waals surface area (Å²) in [7, 11) is 0. The van der Waals surface area contributed by atoms with Gasteiger partial charge in [-0.1, -0.05) is 41.7 Å². The van der Waals surface area contributed by atoms with Crippen molar-refractivity contribution in [3.63, 3.8) is 0 Å². The zero-order valence-corrected chi connectivity index (χ0v) is 17.1. The quantitative estimate of drug-likeness (QED) is 0.548.